The number of nitrogens with zero attached hydrogens (tertiary/aromatic N) is 1. The summed E-state index contributed by atoms with van der Waals surface area (Å²) in [6.45, 7) is 0.979. The second kappa shape index (κ2) is 7.81. The third-order valence-corrected chi connectivity index (χ3v) is 3.76. The first kappa shape index (κ1) is 15.5. The van der Waals surface area contributed by atoms with E-state index in [9.17, 15) is 0 Å². The Morgan fingerprint density at radius 3 is 2.78 bits per heavy atom. The molecule has 0 amide bonds. The van der Waals surface area contributed by atoms with E-state index in [0.29, 0.717) is 34.8 Å². The molecule has 1 rings (SSSR count). The number of nitrogens with one attached hydrogen (secondary N) is 2. The maximum Gasteiger partial charge on any atom is 0.210 e. The summed E-state index contributed by atoms with van der Waals surface area (Å²) in [4.78, 5) is 4.15. The van der Waals surface area contributed by atoms with Gasteiger partial charge in [-0.2, -0.15) is 0 Å². The molecule has 0 atom stereocenters. The fourth-order valence-corrected chi connectivity index (χ4v) is 1.94. The molecule has 0 aliphatic heterocycles. The maximum atomic E-state index is 6.09. The zero-order valence-corrected chi connectivity index (χ0v) is 12.7. The molecule has 0 unspecified atom stereocenters. The van der Waals surface area contributed by atoms with Crippen LogP contribution in [-0.4, -0.2) is 26.2 Å². The van der Waals surface area contributed by atoms with Crippen molar-refractivity contribution < 1.29 is 4.74 Å². The number of rotatable bonds is 4. The van der Waals surface area contributed by atoms with Crippen molar-refractivity contribution in [3.63, 3.8) is 0 Å². The van der Waals surface area contributed by atoms with Gasteiger partial charge in [-0.25, -0.2) is 10.8 Å². The maximum absolute atomic E-state index is 6.09. The first-order chi connectivity index (χ1) is 8.60. The monoisotopic (exact) mass is 354 g/mol. The van der Waals surface area contributed by atoms with Gasteiger partial charge in [0.15, 0.2) is 0 Å². The molecule has 0 saturated carbocycles. The van der Waals surface area contributed by atoms with E-state index >= 15 is 0 Å². The summed E-state index contributed by atoms with van der Waals surface area (Å²) in [6, 6.07) is 3.54. The number of benzene rings is 1. The van der Waals surface area contributed by atoms with Gasteiger partial charge in [0.05, 0.1) is 28.9 Å². The van der Waals surface area contributed by atoms with E-state index in [4.69, 9.17) is 33.8 Å². The number of nitrogens with two attached hydrogens (primary N) is 1. The molecule has 4 N–H and O–H groups in total. The van der Waals surface area contributed by atoms with Gasteiger partial charge in [0.25, 0.3) is 0 Å². The Morgan fingerprint density at radius 1 is 1.44 bits per heavy atom. The van der Waals surface area contributed by atoms with Gasteiger partial charge in [-0.1, -0.05) is 23.2 Å². The van der Waals surface area contributed by atoms with Gasteiger partial charge >= 0.3 is 0 Å². The van der Waals surface area contributed by atoms with Crippen molar-refractivity contribution in [3.8, 4) is 0 Å². The average molecular weight is 356 g/mol. The lowest BCUT2D eigenvalue weighted by molar-refractivity contribution is 0.208. The lowest BCUT2D eigenvalue weighted by Gasteiger charge is -2.12. The molecule has 8 heteroatoms. The number of halogens is 3. The van der Waals surface area contributed by atoms with Crippen molar-refractivity contribution in [2.75, 3.05) is 25.6 Å². The highest BCUT2D eigenvalue weighted by Gasteiger charge is 2.09. The molecule has 0 radical (unpaired) electrons. The van der Waals surface area contributed by atoms with E-state index in [0.717, 1.165) is 4.47 Å². The van der Waals surface area contributed by atoms with Gasteiger partial charge in [-0.05, 0) is 28.1 Å². The van der Waals surface area contributed by atoms with Crippen LogP contribution in [-0.2, 0) is 4.74 Å². The number of aliphatic imine (C=N–C) groups is 1. The quantitative estimate of drug-likeness (QED) is 0.194. The summed E-state index contributed by atoms with van der Waals surface area (Å²) < 4.78 is 5.61. The Bertz CT molecular complexity index is 442. The highest BCUT2D eigenvalue weighted by atomic mass is 79.9. The van der Waals surface area contributed by atoms with Crippen molar-refractivity contribution in [1.82, 2.24) is 5.43 Å². The minimum absolute atomic E-state index is 0.382. The molecule has 5 nitrogen and oxygen atoms in total. The number of anilines is 1. The van der Waals surface area contributed by atoms with Crippen LogP contribution in [0.3, 0.4) is 0 Å². The average Bonchev–Trinajstić information content (AvgIpc) is 2.38. The minimum atomic E-state index is 0.382. The molecular formula is C10H13BrCl2N4O. The fraction of sp³-hybridized carbons (Fsp3) is 0.300. The van der Waals surface area contributed by atoms with Crippen molar-refractivity contribution in [1.29, 1.82) is 0 Å². The zero-order chi connectivity index (χ0) is 13.5. The van der Waals surface area contributed by atoms with Crippen LogP contribution in [0.15, 0.2) is 21.6 Å². The highest BCUT2D eigenvalue weighted by molar-refractivity contribution is 9.10. The second-order valence-corrected chi connectivity index (χ2v) is 4.83. The molecule has 0 saturated heterocycles. The van der Waals surface area contributed by atoms with Gasteiger partial charge < -0.3 is 10.1 Å². The van der Waals surface area contributed by atoms with Crippen molar-refractivity contribution >= 4 is 50.8 Å². The summed E-state index contributed by atoms with van der Waals surface area (Å²) in [5, 5.41) is 3.76. The predicted molar refractivity (Wildman–Crippen MR) is 79.3 cm³/mol. The van der Waals surface area contributed by atoms with Crippen molar-refractivity contribution in [2.24, 2.45) is 10.8 Å². The number of hydrazine groups is 1. The lowest BCUT2D eigenvalue weighted by Crippen LogP contribution is -2.36. The molecule has 0 bridgehead atoms. The number of methoxy groups -OCH3 is 1. The Labute approximate surface area is 124 Å². The molecule has 0 aliphatic carbocycles. The molecule has 0 aliphatic rings. The molecule has 100 valence electrons. The molecular weight excluding hydrogens is 343 g/mol. The summed E-state index contributed by atoms with van der Waals surface area (Å²) in [5.74, 6) is 5.73. The van der Waals surface area contributed by atoms with Crippen LogP contribution in [0, 0.1) is 0 Å². The SMILES string of the molecule is COCCN=C(NN)Nc1ccc(Br)c(Cl)c1Cl. The third kappa shape index (κ3) is 4.29. The van der Waals surface area contributed by atoms with Crippen LogP contribution in [0.4, 0.5) is 5.69 Å². The molecule has 0 spiro atoms. The molecule has 18 heavy (non-hydrogen) atoms. The first-order valence-corrected chi connectivity index (χ1v) is 6.55. The highest BCUT2D eigenvalue weighted by Crippen LogP contribution is 2.35. The van der Waals surface area contributed by atoms with Gasteiger partial charge in [-0.15, -0.1) is 0 Å². The summed E-state index contributed by atoms with van der Waals surface area (Å²) >= 11 is 15.4. The molecule has 1 aromatic rings. The first-order valence-electron chi connectivity index (χ1n) is 5.00. The van der Waals surface area contributed by atoms with E-state index < -0.39 is 0 Å². The summed E-state index contributed by atoms with van der Waals surface area (Å²) in [7, 11) is 1.60. The van der Waals surface area contributed by atoms with Crippen LogP contribution in [0.1, 0.15) is 0 Å². The zero-order valence-electron chi connectivity index (χ0n) is 9.64. The molecule has 0 aromatic heterocycles. The van der Waals surface area contributed by atoms with E-state index in [1.54, 1.807) is 19.2 Å². The number of hydrogen-bond acceptors (Lipinski definition) is 3. The number of guanidine groups is 1. The molecule has 0 heterocycles. The third-order valence-electron chi connectivity index (χ3n) is 1.99. The van der Waals surface area contributed by atoms with E-state index in [1.807, 2.05) is 0 Å². The number of ether oxygens (including phenoxy) is 1. The van der Waals surface area contributed by atoms with Crippen LogP contribution in [0.25, 0.3) is 0 Å². The van der Waals surface area contributed by atoms with Crippen molar-refractivity contribution in [2.45, 2.75) is 0 Å². The smallest absolute Gasteiger partial charge is 0.210 e. The topological polar surface area (TPSA) is 71.7 Å². The van der Waals surface area contributed by atoms with E-state index in [-0.39, 0.29) is 0 Å². The van der Waals surface area contributed by atoms with Crippen LogP contribution in [0.5, 0.6) is 0 Å². The van der Waals surface area contributed by atoms with Crippen molar-refractivity contribution in [3.05, 3.63) is 26.7 Å². The summed E-state index contributed by atoms with van der Waals surface area (Å²) in [5.41, 5.74) is 3.05. The molecule has 0 fully saturated rings. The number of hydrogen-bond donors (Lipinski definition) is 3. The van der Waals surface area contributed by atoms with Crippen LogP contribution in [0.2, 0.25) is 10.0 Å². The molecule has 1 aromatic carbocycles. The fourth-order valence-electron chi connectivity index (χ4n) is 1.12. The second-order valence-electron chi connectivity index (χ2n) is 3.22. The van der Waals surface area contributed by atoms with Crippen LogP contribution < -0.4 is 16.6 Å². The Morgan fingerprint density at radius 2 is 2.17 bits per heavy atom. The predicted octanol–water partition coefficient (Wildman–Crippen LogP) is 2.63. The van der Waals surface area contributed by atoms with E-state index in [2.05, 4.69) is 31.7 Å². The minimum Gasteiger partial charge on any atom is -0.383 e. The normalized spacial score (nSPS) is 11.5. The van der Waals surface area contributed by atoms with E-state index in [1.165, 1.54) is 0 Å². The van der Waals surface area contributed by atoms with Crippen LogP contribution >= 0.6 is 39.1 Å². The van der Waals surface area contributed by atoms with Gasteiger partial charge in [0.1, 0.15) is 0 Å². The lowest BCUT2D eigenvalue weighted by atomic mass is 10.3. The Hall–Kier alpha value is -0.530. The van der Waals surface area contributed by atoms with Gasteiger partial charge in [-0.3, -0.25) is 5.43 Å². The summed E-state index contributed by atoms with van der Waals surface area (Å²) in [6.07, 6.45) is 0. The van der Waals surface area contributed by atoms with Gasteiger partial charge in [0.2, 0.25) is 5.96 Å². The Kier molecular flexibility index (Phi) is 6.73. The Balaban J connectivity index is 2.82. The standard InChI is InChI=1S/C10H13BrCl2N4O/c1-18-5-4-15-10(17-14)16-7-3-2-6(11)8(12)9(7)13/h2-3H,4-5,14H2,1H3,(H2,15,16,17). The van der Waals surface area contributed by atoms with Gasteiger partial charge in [0, 0.05) is 11.6 Å². The largest absolute Gasteiger partial charge is 0.383 e.